The lowest BCUT2D eigenvalue weighted by Gasteiger charge is -2.38. The highest BCUT2D eigenvalue weighted by Crippen LogP contribution is 2.13. The molecule has 2 N–H and O–H groups in total. The first-order valence-electron chi connectivity index (χ1n) is 6.38. The summed E-state index contributed by atoms with van der Waals surface area (Å²) in [4.78, 5) is 2.33. The van der Waals surface area contributed by atoms with E-state index in [2.05, 4.69) is 11.8 Å². The zero-order valence-electron chi connectivity index (χ0n) is 10.9. The Morgan fingerprint density at radius 2 is 1.82 bits per heavy atom. The molecule has 1 atom stereocenters. The zero-order valence-corrected chi connectivity index (χ0v) is 11.7. The van der Waals surface area contributed by atoms with Crippen molar-refractivity contribution >= 4 is 10.0 Å². The SMILES string of the molecule is CCCCC(CN)N1CCN(S(C)(=O)=O)CC1. The molecular weight excluding hydrogens is 238 g/mol. The molecule has 0 bridgehead atoms. The first-order valence-corrected chi connectivity index (χ1v) is 8.23. The van der Waals surface area contributed by atoms with E-state index < -0.39 is 10.0 Å². The average Bonchev–Trinajstić information content (AvgIpc) is 2.29. The minimum absolute atomic E-state index is 0.414. The predicted molar refractivity (Wildman–Crippen MR) is 70.4 cm³/mol. The minimum atomic E-state index is -3.02. The van der Waals surface area contributed by atoms with E-state index in [0.717, 1.165) is 19.5 Å². The van der Waals surface area contributed by atoms with Crippen molar-refractivity contribution in [3.05, 3.63) is 0 Å². The molecule has 1 aliphatic rings. The molecule has 1 heterocycles. The standard InChI is InChI=1S/C11H25N3O2S/c1-3-4-5-11(10-12)13-6-8-14(9-7-13)17(2,15)16/h11H,3-10,12H2,1-2H3. The largest absolute Gasteiger partial charge is 0.329 e. The molecule has 0 aromatic heterocycles. The van der Waals surface area contributed by atoms with Gasteiger partial charge in [0.1, 0.15) is 0 Å². The first kappa shape index (κ1) is 14.9. The predicted octanol–water partition coefficient (Wildman–Crippen LogP) is 0.0811. The van der Waals surface area contributed by atoms with Gasteiger partial charge in [0.15, 0.2) is 0 Å². The lowest BCUT2D eigenvalue weighted by Crippen LogP contribution is -2.53. The maximum atomic E-state index is 11.4. The Bertz CT molecular complexity index is 311. The van der Waals surface area contributed by atoms with Gasteiger partial charge in [-0.3, -0.25) is 4.90 Å². The van der Waals surface area contributed by atoms with E-state index in [1.807, 2.05) is 0 Å². The quantitative estimate of drug-likeness (QED) is 0.737. The van der Waals surface area contributed by atoms with Crippen LogP contribution >= 0.6 is 0 Å². The van der Waals surface area contributed by atoms with Gasteiger partial charge in [-0.1, -0.05) is 19.8 Å². The molecule has 1 aliphatic heterocycles. The Morgan fingerprint density at radius 3 is 2.24 bits per heavy atom. The first-order chi connectivity index (χ1) is 7.99. The number of hydrogen-bond donors (Lipinski definition) is 1. The maximum Gasteiger partial charge on any atom is 0.211 e. The molecule has 5 nitrogen and oxygen atoms in total. The van der Waals surface area contributed by atoms with Crippen molar-refractivity contribution < 1.29 is 8.42 Å². The summed E-state index contributed by atoms with van der Waals surface area (Å²) in [7, 11) is -3.02. The van der Waals surface area contributed by atoms with Crippen LogP contribution in [0.3, 0.4) is 0 Å². The van der Waals surface area contributed by atoms with E-state index in [0.29, 0.717) is 25.7 Å². The fraction of sp³-hybridized carbons (Fsp3) is 1.00. The Morgan fingerprint density at radius 1 is 1.24 bits per heavy atom. The number of nitrogens with two attached hydrogens (primary N) is 1. The van der Waals surface area contributed by atoms with Crippen molar-refractivity contribution in [2.45, 2.75) is 32.2 Å². The van der Waals surface area contributed by atoms with Crippen LogP contribution in [-0.4, -0.2) is 62.6 Å². The molecule has 1 unspecified atom stereocenters. The summed E-state index contributed by atoms with van der Waals surface area (Å²) >= 11 is 0. The molecule has 0 radical (unpaired) electrons. The van der Waals surface area contributed by atoms with Crippen LogP contribution in [0.15, 0.2) is 0 Å². The maximum absolute atomic E-state index is 11.4. The number of hydrogen-bond acceptors (Lipinski definition) is 4. The van der Waals surface area contributed by atoms with E-state index in [4.69, 9.17) is 5.73 Å². The van der Waals surface area contributed by atoms with Crippen LogP contribution in [0.1, 0.15) is 26.2 Å². The van der Waals surface area contributed by atoms with Gasteiger partial charge in [-0.25, -0.2) is 8.42 Å². The van der Waals surface area contributed by atoms with Crippen LogP contribution in [0.5, 0.6) is 0 Å². The fourth-order valence-corrected chi connectivity index (χ4v) is 3.12. The van der Waals surface area contributed by atoms with Gasteiger partial charge in [0.25, 0.3) is 0 Å². The Balaban J connectivity index is 2.44. The van der Waals surface area contributed by atoms with Crippen LogP contribution in [0.4, 0.5) is 0 Å². The minimum Gasteiger partial charge on any atom is -0.329 e. The van der Waals surface area contributed by atoms with E-state index in [9.17, 15) is 8.42 Å². The molecule has 1 rings (SSSR count). The van der Waals surface area contributed by atoms with E-state index in [1.54, 1.807) is 4.31 Å². The summed E-state index contributed by atoms with van der Waals surface area (Å²) in [5.41, 5.74) is 5.79. The lowest BCUT2D eigenvalue weighted by atomic mass is 10.1. The second kappa shape index (κ2) is 6.68. The second-order valence-electron chi connectivity index (χ2n) is 4.73. The van der Waals surface area contributed by atoms with Crippen LogP contribution in [0.2, 0.25) is 0 Å². The van der Waals surface area contributed by atoms with Gasteiger partial charge in [0.05, 0.1) is 6.26 Å². The molecule has 0 saturated carbocycles. The molecule has 1 fully saturated rings. The average molecular weight is 263 g/mol. The monoisotopic (exact) mass is 263 g/mol. The fourth-order valence-electron chi connectivity index (χ4n) is 2.29. The lowest BCUT2D eigenvalue weighted by molar-refractivity contribution is 0.133. The van der Waals surface area contributed by atoms with Gasteiger partial charge < -0.3 is 5.73 Å². The smallest absolute Gasteiger partial charge is 0.211 e. The van der Waals surface area contributed by atoms with Crippen molar-refractivity contribution in [1.82, 2.24) is 9.21 Å². The zero-order chi connectivity index (χ0) is 12.9. The van der Waals surface area contributed by atoms with Crippen LogP contribution in [0, 0.1) is 0 Å². The van der Waals surface area contributed by atoms with Gasteiger partial charge in [-0.2, -0.15) is 4.31 Å². The number of nitrogens with zero attached hydrogens (tertiary/aromatic N) is 2. The molecule has 0 aliphatic carbocycles. The van der Waals surface area contributed by atoms with Crippen LogP contribution in [-0.2, 0) is 10.0 Å². The highest BCUT2D eigenvalue weighted by molar-refractivity contribution is 7.88. The summed E-state index contributed by atoms with van der Waals surface area (Å²) in [6.07, 6.45) is 4.76. The molecule has 102 valence electrons. The van der Waals surface area contributed by atoms with Crippen LogP contribution < -0.4 is 5.73 Å². The summed E-state index contributed by atoms with van der Waals surface area (Å²) in [5.74, 6) is 0. The third-order valence-electron chi connectivity index (χ3n) is 3.42. The second-order valence-corrected chi connectivity index (χ2v) is 6.71. The molecule has 0 spiro atoms. The van der Waals surface area contributed by atoms with Gasteiger partial charge in [0, 0.05) is 38.8 Å². The topological polar surface area (TPSA) is 66.6 Å². The normalized spacial score (nSPS) is 21.6. The molecule has 0 amide bonds. The third-order valence-corrected chi connectivity index (χ3v) is 4.72. The van der Waals surface area contributed by atoms with Gasteiger partial charge in [-0.05, 0) is 6.42 Å². The van der Waals surface area contributed by atoms with Gasteiger partial charge >= 0.3 is 0 Å². The van der Waals surface area contributed by atoms with E-state index in [-0.39, 0.29) is 0 Å². The number of sulfonamides is 1. The number of rotatable bonds is 6. The third kappa shape index (κ3) is 4.54. The highest BCUT2D eigenvalue weighted by atomic mass is 32.2. The Hall–Kier alpha value is -0.170. The number of piperazine rings is 1. The van der Waals surface area contributed by atoms with Crippen molar-refractivity contribution in [2.75, 3.05) is 39.0 Å². The number of unbranched alkanes of at least 4 members (excludes halogenated alkanes) is 1. The van der Waals surface area contributed by atoms with Gasteiger partial charge in [0.2, 0.25) is 10.0 Å². The summed E-state index contributed by atoms with van der Waals surface area (Å²) in [5, 5.41) is 0. The molecule has 0 aromatic rings. The van der Waals surface area contributed by atoms with E-state index in [1.165, 1.54) is 19.1 Å². The summed E-state index contributed by atoms with van der Waals surface area (Å²) < 4.78 is 24.3. The molecule has 6 heteroatoms. The Labute approximate surface area is 105 Å². The molecule has 0 aromatic carbocycles. The summed E-state index contributed by atoms with van der Waals surface area (Å²) in [6, 6.07) is 0.414. The van der Waals surface area contributed by atoms with Crippen molar-refractivity contribution in [1.29, 1.82) is 0 Å². The molecule has 1 saturated heterocycles. The summed E-state index contributed by atoms with van der Waals surface area (Å²) in [6.45, 7) is 5.65. The van der Waals surface area contributed by atoms with Crippen molar-refractivity contribution in [3.63, 3.8) is 0 Å². The van der Waals surface area contributed by atoms with Crippen molar-refractivity contribution in [2.24, 2.45) is 5.73 Å². The molecule has 17 heavy (non-hydrogen) atoms. The molecular formula is C11H25N3O2S. The van der Waals surface area contributed by atoms with Gasteiger partial charge in [-0.15, -0.1) is 0 Å². The highest BCUT2D eigenvalue weighted by Gasteiger charge is 2.26. The van der Waals surface area contributed by atoms with Crippen LogP contribution in [0.25, 0.3) is 0 Å². The van der Waals surface area contributed by atoms with E-state index >= 15 is 0 Å². The van der Waals surface area contributed by atoms with Crippen molar-refractivity contribution in [3.8, 4) is 0 Å². The Kier molecular flexibility index (Phi) is 5.85.